The largest absolute Gasteiger partial charge is 0.495 e. The number of aromatic nitrogens is 4. The first-order valence-electron chi connectivity index (χ1n) is 10.9. The summed E-state index contributed by atoms with van der Waals surface area (Å²) in [6.07, 6.45) is -1.24. The second-order valence-corrected chi connectivity index (χ2v) is 7.55. The Morgan fingerprint density at radius 3 is 2.59 bits per heavy atom. The molecule has 2 heterocycles. The summed E-state index contributed by atoms with van der Waals surface area (Å²) in [6, 6.07) is 9.28. The average Bonchev–Trinajstić information content (AvgIpc) is 2.89. The smallest absolute Gasteiger partial charge is 0.416 e. The zero-order valence-electron chi connectivity index (χ0n) is 19.5. The number of ether oxygens (including phenoxy) is 2. The highest BCUT2D eigenvalue weighted by Crippen LogP contribution is 2.35. The van der Waals surface area contributed by atoms with Crippen molar-refractivity contribution >= 4 is 11.6 Å². The third kappa shape index (κ3) is 5.80. The number of carbonyl (C=O) groups excluding carboxylic acids is 1. The molecule has 0 aliphatic rings. The highest BCUT2D eigenvalue weighted by atomic mass is 19.4. The fourth-order valence-corrected chi connectivity index (χ4v) is 3.30. The molecular formula is C25H19F4N5O3. The fourth-order valence-electron chi connectivity index (χ4n) is 3.30. The second-order valence-electron chi connectivity index (χ2n) is 7.55. The van der Waals surface area contributed by atoms with E-state index in [1.807, 2.05) is 6.92 Å². The Morgan fingerprint density at radius 2 is 1.86 bits per heavy atom. The highest BCUT2D eigenvalue weighted by molar-refractivity contribution is 6.05. The molecule has 190 valence electrons. The minimum atomic E-state index is -4.65. The van der Waals surface area contributed by atoms with Crippen LogP contribution in [0.1, 0.15) is 28.7 Å². The molecule has 0 saturated carbocycles. The minimum Gasteiger partial charge on any atom is -0.495 e. The quantitative estimate of drug-likeness (QED) is 0.316. The van der Waals surface area contributed by atoms with Crippen molar-refractivity contribution in [3.63, 3.8) is 0 Å². The lowest BCUT2D eigenvalue weighted by Crippen LogP contribution is -2.15. The number of alkyl halides is 3. The monoisotopic (exact) mass is 513 g/mol. The number of hydrogen-bond acceptors (Lipinski definition) is 7. The zero-order valence-corrected chi connectivity index (χ0v) is 19.5. The van der Waals surface area contributed by atoms with Crippen molar-refractivity contribution in [3.05, 3.63) is 83.8 Å². The van der Waals surface area contributed by atoms with Gasteiger partial charge in [0.15, 0.2) is 5.82 Å². The maximum absolute atomic E-state index is 14.6. The molecule has 1 N–H and O–H groups in total. The van der Waals surface area contributed by atoms with Crippen molar-refractivity contribution in [1.29, 1.82) is 0 Å². The molecule has 37 heavy (non-hydrogen) atoms. The number of nitrogens with one attached hydrogen (secondary N) is 1. The summed E-state index contributed by atoms with van der Waals surface area (Å²) >= 11 is 0. The third-order valence-corrected chi connectivity index (χ3v) is 5.12. The van der Waals surface area contributed by atoms with Gasteiger partial charge < -0.3 is 14.8 Å². The van der Waals surface area contributed by atoms with E-state index in [0.29, 0.717) is 29.7 Å². The van der Waals surface area contributed by atoms with Crippen LogP contribution in [0.25, 0.3) is 11.4 Å². The van der Waals surface area contributed by atoms with Crippen LogP contribution < -0.4 is 14.8 Å². The first-order valence-corrected chi connectivity index (χ1v) is 10.9. The van der Waals surface area contributed by atoms with Crippen LogP contribution >= 0.6 is 0 Å². The summed E-state index contributed by atoms with van der Waals surface area (Å²) in [6.45, 7) is 1.89. The van der Waals surface area contributed by atoms with Gasteiger partial charge in [-0.05, 0) is 48.5 Å². The van der Waals surface area contributed by atoms with E-state index in [-0.39, 0.29) is 23.1 Å². The number of benzene rings is 2. The first kappa shape index (κ1) is 25.5. The van der Waals surface area contributed by atoms with Crippen molar-refractivity contribution in [2.45, 2.75) is 19.5 Å². The molecule has 0 aliphatic carbocycles. The molecule has 0 radical (unpaired) electrons. The number of carbonyl (C=O) groups is 1. The number of hydrogen-bond donors (Lipinski definition) is 1. The molecule has 4 rings (SSSR count). The Labute approximate surface area is 208 Å². The van der Waals surface area contributed by atoms with E-state index in [4.69, 9.17) is 9.47 Å². The lowest BCUT2D eigenvalue weighted by atomic mass is 10.1. The van der Waals surface area contributed by atoms with Gasteiger partial charge >= 0.3 is 6.18 Å². The van der Waals surface area contributed by atoms with Crippen LogP contribution in [0, 0.1) is 5.82 Å². The van der Waals surface area contributed by atoms with Gasteiger partial charge in [-0.25, -0.2) is 24.3 Å². The van der Waals surface area contributed by atoms with Gasteiger partial charge in [0.25, 0.3) is 5.91 Å². The number of anilines is 1. The molecule has 0 saturated heterocycles. The topological polar surface area (TPSA) is 99.1 Å². The SMILES string of the molecule is CCc1ncnc(-c2cccnc2Oc2ccc(F)c(C(=O)Nc3cc(C(F)(F)F)ccc3OC)c2)n1. The molecule has 4 aromatic rings. The predicted molar refractivity (Wildman–Crippen MR) is 125 cm³/mol. The van der Waals surface area contributed by atoms with Gasteiger partial charge in [-0.3, -0.25) is 4.79 Å². The van der Waals surface area contributed by atoms with Gasteiger partial charge in [-0.2, -0.15) is 13.2 Å². The average molecular weight is 513 g/mol. The molecule has 8 nitrogen and oxygen atoms in total. The number of nitrogens with zero attached hydrogens (tertiary/aromatic N) is 4. The summed E-state index contributed by atoms with van der Waals surface area (Å²) in [7, 11) is 1.23. The van der Waals surface area contributed by atoms with Crippen molar-refractivity contribution in [2.24, 2.45) is 0 Å². The number of rotatable bonds is 7. The fraction of sp³-hybridized carbons (Fsp3) is 0.160. The Balaban J connectivity index is 1.63. The van der Waals surface area contributed by atoms with E-state index in [1.54, 1.807) is 12.1 Å². The summed E-state index contributed by atoms with van der Waals surface area (Å²) in [5, 5.41) is 2.27. The minimum absolute atomic E-state index is 0.0314. The van der Waals surface area contributed by atoms with Gasteiger partial charge in [0, 0.05) is 12.6 Å². The van der Waals surface area contributed by atoms with Crippen LogP contribution in [0.15, 0.2) is 61.1 Å². The molecule has 0 aliphatic heterocycles. The summed E-state index contributed by atoms with van der Waals surface area (Å²) in [4.78, 5) is 29.6. The molecule has 1 amide bonds. The molecule has 2 aromatic carbocycles. The van der Waals surface area contributed by atoms with Crippen LogP contribution in [0.2, 0.25) is 0 Å². The predicted octanol–water partition coefficient (Wildman–Crippen LogP) is 5.71. The first-order chi connectivity index (χ1) is 17.7. The third-order valence-electron chi connectivity index (χ3n) is 5.12. The van der Waals surface area contributed by atoms with Gasteiger partial charge in [-0.15, -0.1) is 0 Å². The molecule has 0 atom stereocenters. The number of amides is 1. The van der Waals surface area contributed by atoms with E-state index in [1.165, 1.54) is 25.7 Å². The summed E-state index contributed by atoms with van der Waals surface area (Å²) in [5.74, 6) is -0.942. The van der Waals surface area contributed by atoms with Gasteiger partial charge in [-0.1, -0.05) is 6.92 Å². The Morgan fingerprint density at radius 1 is 1.05 bits per heavy atom. The number of halogens is 4. The zero-order chi connectivity index (χ0) is 26.6. The summed E-state index contributed by atoms with van der Waals surface area (Å²) < 4.78 is 64.8. The van der Waals surface area contributed by atoms with Crippen LogP contribution in [-0.2, 0) is 12.6 Å². The number of methoxy groups -OCH3 is 1. The lowest BCUT2D eigenvalue weighted by molar-refractivity contribution is -0.137. The van der Waals surface area contributed by atoms with Gasteiger partial charge in [0.05, 0.1) is 29.5 Å². The summed E-state index contributed by atoms with van der Waals surface area (Å²) in [5.41, 5.74) is -1.32. The van der Waals surface area contributed by atoms with Crippen LogP contribution in [-0.4, -0.2) is 33.0 Å². The van der Waals surface area contributed by atoms with E-state index in [9.17, 15) is 22.4 Å². The van der Waals surface area contributed by atoms with Crippen molar-refractivity contribution < 1.29 is 31.8 Å². The van der Waals surface area contributed by atoms with Crippen molar-refractivity contribution in [2.75, 3.05) is 12.4 Å². The lowest BCUT2D eigenvalue weighted by Gasteiger charge is -2.14. The number of aryl methyl sites for hydroxylation is 1. The maximum atomic E-state index is 14.6. The Hall–Kier alpha value is -4.61. The standard InChI is InChI=1S/C25H19F4N5O3/c1-3-21-31-13-32-22(34-21)16-5-4-10-30-24(16)37-15-7-8-18(26)17(12-15)23(35)33-19-11-14(25(27,28)29)6-9-20(19)36-2/h4-13H,3H2,1-2H3,(H,33,35). The molecule has 12 heteroatoms. The normalized spacial score (nSPS) is 11.2. The van der Waals surface area contributed by atoms with Crippen LogP contribution in [0.3, 0.4) is 0 Å². The Bertz CT molecular complexity index is 1450. The molecule has 0 spiro atoms. The molecular weight excluding hydrogens is 494 g/mol. The molecule has 0 bridgehead atoms. The van der Waals surface area contributed by atoms with E-state index < -0.39 is 29.0 Å². The van der Waals surface area contributed by atoms with Crippen LogP contribution in [0.5, 0.6) is 17.4 Å². The van der Waals surface area contributed by atoms with Gasteiger partial charge in [0.1, 0.15) is 29.5 Å². The maximum Gasteiger partial charge on any atom is 0.416 e. The molecule has 0 fully saturated rings. The van der Waals surface area contributed by atoms with E-state index in [2.05, 4.69) is 25.3 Å². The molecule has 0 unspecified atom stereocenters. The van der Waals surface area contributed by atoms with Crippen molar-refractivity contribution in [1.82, 2.24) is 19.9 Å². The van der Waals surface area contributed by atoms with Crippen molar-refractivity contribution in [3.8, 4) is 28.8 Å². The van der Waals surface area contributed by atoms with Gasteiger partial charge in [0.2, 0.25) is 5.88 Å². The molecule has 2 aromatic heterocycles. The van der Waals surface area contributed by atoms with Crippen LogP contribution in [0.4, 0.5) is 23.2 Å². The number of pyridine rings is 1. The second kappa shape index (κ2) is 10.6. The van der Waals surface area contributed by atoms with E-state index >= 15 is 0 Å². The Kier molecular flexibility index (Phi) is 7.27. The highest BCUT2D eigenvalue weighted by Gasteiger charge is 2.31. The van der Waals surface area contributed by atoms with E-state index in [0.717, 1.165) is 24.3 Å².